The second-order valence-corrected chi connectivity index (χ2v) is 5.92. The van der Waals surface area contributed by atoms with Crippen LogP contribution in [-0.4, -0.2) is 39.3 Å². The third kappa shape index (κ3) is 4.02. The first-order valence-corrected chi connectivity index (χ1v) is 7.08. The number of carboxylic acids is 1. The van der Waals surface area contributed by atoms with Crippen LogP contribution in [0.3, 0.4) is 0 Å². The molecule has 0 aliphatic rings. The SMILES string of the molecule is COC(CNS(=O)(=O)c1cc(C)ccc1C)C(=O)O. The minimum absolute atomic E-state index is 0.146. The van der Waals surface area contributed by atoms with E-state index in [1.807, 2.05) is 6.07 Å². The average Bonchev–Trinajstić information content (AvgIpc) is 2.32. The summed E-state index contributed by atoms with van der Waals surface area (Å²) in [6, 6.07) is 5.05. The number of aryl methyl sites for hydroxylation is 2. The van der Waals surface area contributed by atoms with Gasteiger partial charge in [0.25, 0.3) is 0 Å². The number of carboxylic acid groups (broad SMARTS) is 1. The minimum Gasteiger partial charge on any atom is -0.479 e. The first kappa shape index (κ1) is 15.6. The molecule has 1 aromatic carbocycles. The molecular formula is C12H17NO5S. The Balaban J connectivity index is 2.93. The molecule has 0 aliphatic carbocycles. The first-order chi connectivity index (χ1) is 8.77. The zero-order valence-electron chi connectivity index (χ0n) is 11.0. The lowest BCUT2D eigenvalue weighted by molar-refractivity contribution is -0.147. The predicted octanol–water partition coefficient (Wildman–Crippen LogP) is 0.681. The van der Waals surface area contributed by atoms with E-state index in [9.17, 15) is 13.2 Å². The van der Waals surface area contributed by atoms with Gasteiger partial charge in [-0.2, -0.15) is 0 Å². The fourth-order valence-corrected chi connectivity index (χ4v) is 2.89. The van der Waals surface area contributed by atoms with Crippen LogP contribution in [0.1, 0.15) is 11.1 Å². The number of nitrogens with one attached hydrogen (secondary N) is 1. The molecule has 1 rings (SSSR count). The number of aliphatic carboxylic acids is 1. The summed E-state index contributed by atoms with van der Waals surface area (Å²) in [5.41, 5.74) is 1.41. The highest BCUT2D eigenvalue weighted by molar-refractivity contribution is 7.89. The molecule has 0 saturated carbocycles. The predicted molar refractivity (Wildman–Crippen MR) is 69.5 cm³/mol. The van der Waals surface area contributed by atoms with Crippen molar-refractivity contribution in [1.29, 1.82) is 0 Å². The van der Waals surface area contributed by atoms with Gasteiger partial charge in [0.2, 0.25) is 10.0 Å². The van der Waals surface area contributed by atoms with Crippen molar-refractivity contribution in [3.63, 3.8) is 0 Å². The van der Waals surface area contributed by atoms with Crippen LogP contribution >= 0.6 is 0 Å². The molecule has 6 nitrogen and oxygen atoms in total. The Bertz CT molecular complexity index is 567. The molecule has 0 aliphatic heterocycles. The Morgan fingerprint density at radius 2 is 2.05 bits per heavy atom. The number of sulfonamides is 1. The molecule has 1 unspecified atom stereocenters. The zero-order valence-corrected chi connectivity index (χ0v) is 11.8. The average molecular weight is 287 g/mol. The van der Waals surface area contributed by atoms with Crippen molar-refractivity contribution in [3.05, 3.63) is 29.3 Å². The molecule has 19 heavy (non-hydrogen) atoms. The van der Waals surface area contributed by atoms with Crippen molar-refractivity contribution in [2.45, 2.75) is 24.8 Å². The Morgan fingerprint density at radius 1 is 1.42 bits per heavy atom. The summed E-state index contributed by atoms with van der Waals surface area (Å²) in [5, 5.41) is 8.78. The molecule has 2 N–H and O–H groups in total. The van der Waals surface area contributed by atoms with E-state index in [1.165, 1.54) is 7.11 Å². The number of benzene rings is 1. The Morgan fingerprint density at radius 3 is 2.58 bits per heavy atom. The van der Waals surface area contributed by atoms with Crippen molar-refractivity contribution in [1.82, 2.24) is 4.72 Å². The topological polar surface area (TPSA) is 92.7 Å². The van der Waals surface area contributed by atoms with E-state index >= 15 is 0 Å². The Hall–Kier alpha value is -1.44. The van der Waals surface area contributed by atoms with Gasteiger partial charge < -0.3 is 9.84 Å². The molecule has 1 aromatic rings. The molecule has 0 radical (unpaired) electrons. The van der Waals surface area contributed by atoms with Crippen LogP contribution in [-0.2, 0) is 19.6 Å². The smallest absolute Gasteiger partial charge is 0.334 e. The summed E-state index contributed by atoms with van der Waals surface area (Å²) in [6.45, 7) is 3.15. The molecule has 7 heteroatoms. The van der Waals surface area contributed by atoms with E-state index in [1.54, 1.807) is 26.0 Å². The maximum absolute atomic E-state index is 12.1. The maximum atomic E-state index is 12.1. The van der Waals surface area contributed by atoms with E-state index in [-0.39, 0.29) is 11.4 Å². The summed E-state index contributed by atoms with van der Waals surface area (Å²) in [7, 11) is -2.53. The van der Waals surface area contributed by atoms with Crippen LogP contribution in [0.15, 0.2) is 23.1 Å². The van der Waals surface area contributed by atoms with Gasteiger partial charge in [-0.1, -0.05) is 12.1 Å². The van der Waals surface area contributed by atoms with Crippen LogP contribution < -0.4 is 4.72 Å². The Labute approximate surface area is 112 Å². The molecule has 1 atom stereocenters. The van der Waals surface area contributed by atoms with Gasteiger partial charge in [0.15, 0.2) is 6.10 Å². The third-order valence-electron chi connectivity index (χ3n) is 2.65. The van der Waals surface area contributed by atoms with Gasteiger partial charge in [0.05, 0.1) is 4.90 Å². The van der Waals surface area contributed by atoms with Gasteiger partial charge in [-0.05, 0) is 31.0 Å². The van der Waals surface area contributed by atoms with Crippen molar-refractivity contribution >= 4 is 16.0 Å². The van der Waals surface area contributed by atoms with E-state index in [0.29, 0.717) is 5.56 Å². The Kier molecular flexibility index (Phi) is 5.04. The number of hydrogen-bond acceptors (Lipinski definition) is 4. The van der Waals surface area contributed by atoms with Crippen molar-refractivity contribution < 1.29 is 23.1 Å². The number of rotatable bonds is 6. The summed E-state index contributed by atoms with van der Waals surface area (Å²) in [5.74, 6) is -1.22. The zero-order chi connectivity index (χ0) is 14.6. The molecular weight excluding hydrogens is 270 g/mol. The lowest BCUT2D eigenvalue weighted by Gasteiger charge is -2.13. The minimum atomic E-state index is -3.75. The summed E-state index contributed by atoms with van der Waals surface area (Å²) in [4.78, 5) is 10.9. The van der Waals surface area contributed by atoms with Gasteiger partial charge in [-0.15, -0.1) is 0 Å². The molecule has 106 valence electrons. The fourth-order valence-electron chi connectivity index (χ4n) is 1.53. The third-order valence-corrected chi connectivity index (χ3v) is 4.22. The number of carbonyl (C=O) groups is 1. The van der Waals surface area contributed by atoms with Crippen LogP contribution in [0, 0.1) is 13.8 Å². The van der Waals surface area contributed by atoms with Gasteiger partial charge >= 0.3 is 5.97 Å². The summed E-state index contributed by atoms with van der Waals surface area (Å²) in [6.07, 6.45) is -1.21. The highest BCUT2D eigenvalue weighted by Gasteiger charge is 2.22. The molecule has 0 saturated heterocycles. The largest absolute Gasteiger partial charge is 0.479 e. The van der Waals surface area contributed by atoms with Crippen molar-refractivity contribution in [3.8, 4) is 0 Å². The van der Waals surface area contributed by atoms with Crippen LogP contribution in [0.2, 0.25) is 0 Å². The molecule has 0 heterocycles. The molecule has 0 bridgehead atoms. The van der Waals surface area contributed by atoms with Gasteiger partial charge in [-0.25, -0.2) is 17.9 Å². The van der Waals surface area contributed by atoms with E-state index in [0.717, 1.165) is 5.56 Å². The number of ether oxygens (including phenoxy) is 1. The van der Waals surface area contributed by atoms with Crippen LogP contribution in [0.5, 0.6) is 0 Å². The number of methoxy groups -OCH3 is 1. The van der Waals surface area contributed by atoms with E-state index < -0.39 is 22.1 Å². The molecule has 0 fully saturated rings. The van der Waals surface area contributed by atoms with Crippen molar-refractivity contribution in [2.24, 2.45) is 0 Å². The second-order valence-electron chi connectivity index (χ2n) is 4.18. The highest BCUT2D eigenvalue weighted by atomic mass is 32.2. The van der Waals surface area contributed by atoms with Crippen LogP contribution in [0.25, 0.3) is 0 Å². The quantitative estimate of drug-likeness (QED) is 0.802. The summed E-state index contributed by atoms with van der Waals surface area (Å²) < 4.78 is 31.1. The lowest BCUT2D eigenvalue weighted by Crippen LogP contribution is -2.38. The number of hydrogen-bond donors (Lipinski definition) is 2. The van der Waals surface area contributed by atoms with Gasteiger partial charge in [0.1, 0.15) is 0 Å². The van der Waals surface area contributed by atoms with Gasteiger partial charge in [0, 0.05) is 13.7 Å². The summed E-state index contributed by atoms with van der Waals surface area (Å²) >= 11 is 0. The molecule has 0 spiro atoms. The maximum Gasteiger partial charge on any atom is 0.334 e. The molecule has 0 amide bonds. The van der Waals surface area contributed by atoms with Gasteiger partial charge in [-0.3, -0.25) is 0 Å². The van der Waals surface area contributed by atoms with E-state index in [4.69, 9.17) is 5.11 Å². The first-order valence-electron chi connectivity index (χ1n) is 5.60. The second kappa shape index (κ2) is 6.14. The lowest BCUT2D eigenvalue weighted by atomic mass is 10.2. The van der Waals surface area contributed by atoms with Crippen LogP contribution in [0.4, 0.5) is 0 Å². The normalized spacial score (nSPS) is 13.2. The fraction of sp³-hybridized carbons (Fsp3) is 0.417. The van der Waals surface area contributed by atoms with Crippen molar-refractivity contribution in [2.75, 3.05) is 13.7 Å². The monoisotopic (exact) mass is 287 g/mol. The van der Waals surface area contributed by atoms with E-state index in [2.05, 4.69) is 9.46 Å². The highest BCUT2D eigenvalue weighted by Crippen LogP contribution is 2.16. The molecule has 0 aromatic heterocycles. The standard InChI is InChI=1S/C12H17NO5S/c1-8-4-5-9(2)11(6-8)19(16,17)13-7-10(18-3)12(14)15/h4-6,10,13H,7H2,1-3H3,(H,14,15).